The number of allylic oxidation sites excluding steroid dienone is 4. The van der Waals surface area contributed by atoms with Crippen LogP contribution in [-0.4, -0.2) is 73.8 Å². The van der Waals surface area contributed by atoms with Crippen LogP contribution in [0.4, 0.5) is 10.7 Å². The van der Waals surface area contributed by atoms with Gasteiger partial charge in [0.05, 0.1) is 0 Å². The summed E-state index contributed by atoms with van der Waals surface area (Å²) < 4.78 is 0.625. The van der Waals surface area contributed by atoms with Gasteiger partial charge in [0.15, 0.2) is 0 Å². The maximum absolute atomic E-state index is 12.6. The van der Waals surface area contributed by atoms with Gasteiger partial charge in [0, 0.05) is 0 Å². The lowest BCUT2D eigenvalue weighted by atomic mass is 10.1. The quantitative estimate of drug-likeness (QED) is 0.147. The zero-order valence-electron chi connectivity index (χ0n) is 16.9. The van der Waals surface area contributed by atoms with Crippen molar-refractivity contribution in [3.05, 3.63) is 55.8 Å². The number of urea groups is 1. The number of carbonyl (C=O) groups is 3. The number of nitrogens with one attached hydrogen (secondary N) is 4. The van der Waals surface area contributed by atoms with E-state index >= 15 is 0 Å². The monoisotopic (exact) mass is 468 g/mol. The minimum Gasteiger partial charge on any atom is -0.493 e. The third-order valence-corrected chi connectivity index (χ3v) is 4.32. The zero-order chi connectivity index (χ0) is 24.4. The summed E-state index contributed by atoms with van der Waals surface area (Å²) in [5.41, 5.74) is -2.16. The second kappa shape index (κ2) is 8.53. The van der Waals surface area contributed by atoms with Crippen molar-refractivity contribution >= 4 is 29.9 Å². The molecule has 0 aromatic carbocycles. The molecule has 18 heteroatoms. The largest absolute Gasteiger partial charge is 0.493 e. The maximum Gasteiger partial charge on any atom is 0.338 e. The first kappa shape index (κ1) is 21.7. The number of H-pyrrole nitrogens is 3. The van der Waals surface area contributed by atoms with E-state index in [1.807, 2.05) is 10.3 Å². The van der Waals surface area contributed by atoms with E-state index in [1.54, 1.807) is 6.92 Å². The Morgan fingerprint density at radius 1 is 1.00 bits per heavy atom. The SMILES string of the molecule is CC(/C=C/c1c(O)n(-c2nn[nH]n2)c(=O)[nH]c1=O)=C\C=C1/C(=O)NC(=O)N(c2nn[nH]n2)C1=O. The van der Waals surface area contributed by atoms with Crippen LogP contribution < -0.4 is 21.5 Å². The maximum atomic E-state index is 12.6. The molecule has 0 atom stereocenters. The van der Waals surface area contributed by atoms with Crippen LogP contribution in [0, 0.1) is 0 Å². The average molecular weight is 468 g/mol. The van der Waals surface area contributed by atoms with Gasteiger partial charge in [0.2, 0.25) is 5.88 Å². The van der Waals surface area contributed by atoms with Crippen LogP contribution in [0.25, 0.3) is 12.0 Å². The van der Waals surface area contributed by atoms with Gasteiger partial charge < -0.3 is 5.11 Å². The number of rotatable bonds is 5. The molecular weight excluding hydrogens is 456 g/mol. The third-order valence-electron chi connectivity index (χ3n) is 4.32. The van der Waals surface area contributed by atoms with Gasteiger partial charge in [-0.2, -0.15) is 19.9 Å². The number of hydrogen-bond donors (Lipinski definition) is 5. The number of nitrogens with zero attached hydrogens (tertiary/aromatic N) is 8. The van der Waals surface area contributed by atoms with Gasteiger partial charge in [0.1, 0.15) is 11.1 Å². The molecule has 4 amide bonds. The highest BCUT2D eigenvalue weighted by molar-refractivity contribution is 6.37. The molecule has 3 aromatic heterocycles. The molecule has 1 fully saturated rings. The fraction of sp³-hybridized carbons (Fsp3) is 0.0625. The van der Waals surface area contributed by atoms with E-state index in [4.69, 9.17) is 0 Å². The Kier molecular flexibility index (Phi) is 5.44. The van der Waals surface area contributed by atoms with E-state index in [-0.39, 0.29) is 17.5 Å². The molecule has 4 rings (SSSR count). The zero-order valence-corrected chi connectivity index (χ0v) is 16.9. The van der Waals surface area contributed by atoms with Gasteiger partial charge in [-0.1, -0.05) is 27.9 Å². The first-order valence-corrected chi connectivity index (χ1v) is 9.10. The van der Waals surface area contributed by atoms with E-state index in [0.29, 0.717) is 15.0 Å². The molecule has 172 valence electrons. The van der Waals surface area contributed by atoms with Crippen molar-refractivity contribution in [2.75, 3.05) is 4.90 Å². The molecular formula is C16H12N12O6. The topological polar surface area (TPSA) is 250 Å². The predicted octanol–water partition coefficient (Wildman–Crippen LogP) is -2.57. The summed E-state index contributed by atoms with van der Waals surface area (Å²) >= 11 is 0. The van der Waals surface area contributed by atoms with Gasteiger partial charge in [0.25, 0.3) is 29.3 Å². The number of barbiturate groups is 1. The lowest BCUT2D eigenvalue weighted by Gasteiger charge is -2.22. The Morgan fingerprint density at radius 3 is 2.32 bits per heavy atom. The Balaban J connectivity index is 1.63. The number of hydrogen-bond acceptors (Lipinski definition) is 12. The van der Waals surface area contributed by atoms with Gasteiger partial charge in [-0.05, 0) is 29.5 Å². The predicted molar refractivity (Wildman–Crippen MR) is 108 cm³/mol. The molecule has 0 radical (unpaired) electrons. The molecule has 0 unspecified atom stereocenters. The van der Waals surface area contributed by atoms with Crippen molar-refractivity contribution in [1.82, 2.24) is 56.1 Å². The molecule has 3 aromatic rings. The van der Waals surface area contributed by atoms with Gasteiger partial charge in [-0.3, -0.25) is 24.7 Å². The van der Waals surface area contributed by atoms with Crippen molar-refractivity contribution < 1.29 is 19.5 Å². The Labute approximate surface area is 185 Å². The van der Waals surface area contributed by atoms with Crippen LogP contribution >= 0.6 is 0 Å². The minimum absolute atomic E-state index is 0.298. The molecule has 0 bridgehead atoms. The number of aromatic hydroxyl groups is 1. The molecule has 1 saturated heterocycles. The van der Waals surface area contributed by atoms with E-state index < -0.39 is 40.5 Å². The Bertz CT molecular complexity index is 1490. The summed E-state index contributed by atoms with van der Waals surface area (Å²) in [5.74, 6) is -3.32. The second-order valence-corrected chi connectivity index (χ2v) is 6.48. The molecule has 18 nitrogen and oxygen atoms in total. The minimum atomic E-state index is -1.04. The van der Waals surface area contributed by atoms with Crippen molar-refractivity contribution in [2.24, 2.45) is 0 Å². The molecule has 0 spiro atoms. The molecule has 5 N–H and O–H groups in total. The first-order chi connectivity index (χ1) is 16.3. The van der Waals surface area contributed by atoms with Crippen molar-refractivity contribution in [2.45, 2.75) is 6.92 Å². The molecule has 0 aliphatic carbocycles. The van der Waals surface area contributed by atoms with Crippen LogP contribution in [0.3, 0.4) is 0 Å². The average Bonchev–Trinajstić information content (AvgIpc) is 3.48. The normalized spacial score (nSPS) is 16.0. The van der Waals surface area contributed by atoms with Crippen LogP contribution in [0.15, 0.2) is 39.0 Å². The summed E-state index contributed by atoms with van der Waals surface area (Å²) in [4.78, 5) is 63.3. The van der Waals surface area contributed by atoms with E-state index in [0.717, 1.165) is 6.08 Å². The second-order valence-electron chi connectivity index (χ2n) is 6.48. The molecule has 34 heavy (non-hydrogen) atoms. The van der Waals surface area contributed by atoms with Crippen LogP contribution in [0.5, 0.6) is 5.88 Å². The number of aromatic amines is 3. The number of tetrazole rings is 2. The van der Waals surface area contributed by atoms with Gasteiger partial charge >= 0.3 is 11.7 Å². The van der Waals surface area contributed by atoms with Gasteiger partial charge in [-0.15, -0.1) is 10.2 Å². The first-order valence-electron chi connectivity index (χ1n) is 9.10. The highest BCUT2D eigenvalue weighted by Crippen LogP contribution is 2.17. The summed E-state index contributed by atoms with van der Waals surface area (Å²) in [6, 6.07) is -1.04. The van der Waals surface area contributed by atoms with E-state index in [2.05, 4.69) is 41.2 Å². The summed E-state index contributed by atoms with van der Waals surface area (Å²) in [7, 11) is 0. The highest BCUT2D eigenvalue weighted by Gasteiger charge is 2.38. The number of imide groups is 2. The summed E-state index contributed by atoms with van der Waals surface area (Å²) in [5, 5.41) is 37.3. The molecule has 0 saturated carbocycles. The number of carbonyl (C=O) groups excluding carboxylic acids is 3. The van der Waals surface area contributed by atoms with Crippen molar-refractivity contribution in [3.8, 4) is 11.8 Å². The lowest BCUT2D eigenvalue weighted by Crippen LogP contribution is -2.54. The lowest BCUT2D eigenvalue weighted by molar-refractivity contribution is -0.122. The van der Waals surface area contributed by atoms with Crippen molar-refractivity contribution in [3.63, 3.8) is 0 Å². The molecule has 1 aliphatic rings. The third kappa shape index (κ3) is 3.88. The number of aromatic nitrogens is 10. The van der Waals surface area contributed by atoms with Crippen molar-refractivity contribution in [1.29, 1.82) is 0 Å². The fourth-order valence-electron chi connectivity index (χ4n) is 2.72. The van der Waals surface area contributed by atoms with Crippen LogP contribution in [-0.2, 0) is 9.59 Å². The highest BCUT2D eigenvalue weighted by atomic mass is 16.3. The number of amides is 4. The van der Waals surface area contributed by atoms with E-state index in [9.17, 15) is 29.1 Å². The number of anilines is 1. The Morgan fingerprint density at radius 2 is 1.68 bits per heavy atom. The van der Waals surface area contributed by atoms with Crippen LogP contribution in [0.2, 0.25) is 0 Å². The smallest absolute Gasteiger partial charge is 0.338 e. The summed E-state index contributed by atoms with van der Waals surface area (Å²) in [6.45, 7) is 1.56. The Hall–Kier alpha value is -5.55. The standard InChI is InChI=1S/C16H12N12O6/c1-6(2-4-7-9(29)17-15(33)27(11(7)31)13-19-23-24-20-13)3-5-8-10(30)18-16(34)28(12(8)32)14-21-25-26-22-14/h2-5,31H,1H3,(H,17,29,33)(H,18,30,34)(H,19,20,23,24)(H,21,22,25,26)/b4-2+,6-3+,8-5+. The van der Waals surface area contributed by atoms with Crippen LogP contribution in [0.1, 0.15) is 12.5 Å². The fourth-order valence-corrected chi connectivity index (χ4v) is 2.72. The van der Waals surface area contributed by atoms with E-state index in [1.165, 1.54) is 18.2 Å². The van der Waals surface area contributed by atoms with Gasteiger partial charge in [-0.25, -0.2) is 9.59 Å². The molecule has 4 heterocycles. The molecule has 1 aliphatic heterocycles. The summed E-state index contributed by atoms with van der Waals surface area (Å²) in [6.07, 6.45) is 5.03.